The number of nitriles is 1. The van der Waals surface area contributed by atoms with Crippen molar-refractivity contribution < 1.29 is 22.7 Å². The minimum absolute atomic E-state index is 0.0354. The Morgan fingerprint density at radius 2 is 2.05 bits per heavy atom. The van der Waals surface area contributed by atoms with Gasteiger partial charge in [0.25, 0.3) is 0 Å². The molecule has 0 spiro atoms. The molecule has 0 radical (unpaired) electrons. The van der Waals surface area contributed by atoms with Gasteiger partial charge in [0.05, 0.1) is 30.2 Å². The zero-order valence-electron chi connectivity index (χ0n) is 10.5. The first-order valence-corrected chi connectivity index (χ1v) is 5.56. The normalized spacial score (nSPS) is 10.9. The van der Waals surface area contributed by atoms with Gasteiger partial charge in [0.15, 0.2) is 0 Å². The molecule has 1 rings (SSSR count). The molecule has 0 N–H and O–H groups in total. The summed E-state index contributed by atoms with van der Waals surface area (Å²) in [4.78, 5) is 11.3. The Morgan fingerprint density at radius 1 is 1.42 bits per heavy atom. The summed E-state index contributed by atoms with van der Waals surface area (Å²) >= 11 is 0. The van der Waals surface area contributed by atoms with E-state index in [9.17, 15) is 18.0 Å². The highest BCUT2D eigenvalue weighted by Gasteiger charge is 2.32. The van der Waals surface area contributed by atoms with Crippen LogP contribution < -0.4 is 0 Å². The van der Waals surface area contributed by atoms with Gasteiger partial charge in [-0.1, -0.05) is 0 Å². The van der Waals surface area contributed by atoms with Crippen LogP contribution in [0.3, 0.4) is 0 Å². The molecule has 0 aliphatic carbocycles. The number of esters is 1. The molecular weight excluding hydrogens is 259 g/mol. The minimum Gasteiger partial charge on any atom is -0.466 e. The lowest BCUT2D eigenvalue weighted by Crippen LogP contribution is -2.12. The molecule has 0 aromatic heterocycles. The highest BCUT2D eigenvalue weighted by Crippen LogP contribution is 2.32. The molecule has 0 fully saturated rings. The first-order valence-electron chi connectivity index (χ1n) is 5.56. The van der Waals surface area contributed by atoms with Gasteiger partial charge in [-0.05, 0) is 37.1 Å². The molecule has 0 aliphatic heterocycles. The summed E-state index contributed by atoms with van der Waals surface area (Å²) in [5.74, 6) is -0.655. The predicted molar refractivity (Wildman–Crippen MR) is 61.2 cm³/mol. The molecule has 0 aliphatic rings. The van der Waals surface area contributed by atoms with Gasteiger partial charge in [0.2, 0.25) is 0 Å². The van der Waals surface area contributed by atoms with E-state index in [4.69, 9.17) is 5.26 Å². The van der Waals surface area contributed by atoms with Gasteiger partial charge >= 0.3 is 12.1 Å². The Labute approximate surface area is 108 Å². The maximum Gasteiger partial charge on any atom is 0.416 e. The minimum atomic E-state index is -4.51. The summed E-state index contributed by atoms with van der Waals surface area (Å²) in [6.07, 6.45) is -4.86. The van der Waals surface area contributed by atoms with Gasteiger partial charge in [0.1, 0.15) is 0 Å². The number of carbonyl (C=O) groups is 1. The first kappa shape index (κ1) is 15.0. The number of benzene rings is 1. The summed E-state index contributed by atoms with van der Waals surface area (Å²) in [5, 5.41) is 8.95. The monoisotopic (exact) mass is 271 g/mol. The molecule has 1 aromatic carbocycles. The van der Waals surface area contributed by atoms with Crippen molar-refractivity contribution in [3.63, 3.8) is 0 Å². The first-order chi connectivity index (χ1) is 8.79. The van der Waals surface area contributed by atoms with E-state index >= 15 is 0 Å². The summed E-state index contributed by atoms with van der Waals surface area (Å²) < 4.78 is 42.7. The number of rotatable bonds is 3. The van der Waals surface area contributed by atoms with Gasteiger partial charge in [0, 0.05) is 0 Å². The standard InChI is InChI=1S/C13H12F3NO2/c1-3-19-12(18)6-9-5-10(13(14,15)16)4-8(2)11(9)7-17/h4-5H,3,6H2,1-2H3. The van der Waals surface area contributed by atoms with Crippen LogP contribution in [0.25, 0.3) is 0 Å². The van der Waals surface area contributed by atoms with Gasteiger partial charge in [-0.2, -0.15) is 18.4 Å². The van der Waals surface area contributed by atoms with Gasteiger partial charge < -0.3 is 4.74 Å². The van der Waals surface area contributed by atoms with E-state index in [-0.39, 0.29) is 29.7 Å². The number of alkyl halides is 3. The van der Waals surface area contributed by atoms with Crippen molar-refractivity contribution in [1.82, 2.24) is 0 Å². The Balaban J connectivity index is 3.24. The fourth-order valence-electron chi connectivity index (χ4n) is 1.69. The summed E-state index contributed by atoms with van der Waals surface area (Å²) in [6, 6.07) is 3.53. The number of aryl methyl sites for hydroxylation is 1. The topological polar surface area (TPSA) is 50.1 Å². The second-order valence-electron chi connectivity index (χ2n) is 3.92. The van der Waals surface area contributed by atoms with E-state index in [1.165, 1.54) is 6.92 Å². The SMILES string of the molecule is CCOC(=O)Cc1cc(C(F)(F)F)cc(C)c1C#N. The van der Waals surface area contributed by atoms with Crippen molar-refractivity contribution >= 4 is 5.97 Å². The average molecular weight is 271 g/mol. The molecule has 6 heteroatoms. The van der Waals surface area contributed by atoms with Crippen molar-refractivity contribution in [2.24, 2.45) is 0 Å². The van der Waals surface area contributed by atoms with Gasteiger partial charge in [-0.15, -0.1) is 0 Å². The van der Waals surface area contributed by atoms with Crippen LogP contribution in [0.2, 0.25) is 0 Å². The Hall–Kier alpha value is -2.03. The Morgan fingerprint density at radius 3 is 2.53 bits per heavy atom. The molecule has 0 amide bonds. The molecular formula is C13H12F3NO2. The van der Waals surface area contributed by atoms with Crippen molar-refractivity contribution in [3.05, 3.63) is 34.4 Å². The van der Waals surface area contributed by atoms with Crippen LogP contribution in [0.4, 0.5) is 13.2 Å². The number of carbonyl (C=O) groups excluding carboxylic acids is 1. The predicted octanol–water partition coefficient (Wildman–Crippen LogP) is 2.99. The summed E-state index contributed by atoms with van der Waals surface area (Å²) in [5.41, 5.74) is -0.561. The molecule has 0 bridgehead atoms. The quantitative estimate of drug-likeness (QED) is 0.794. The molecule has 1 aromatic rings. The average Bonchev–Trinajstić information content (AvgIpc) is 2.27. The van der Waals surface area contributed by atoms with E-state index < -0.39 is 17.7 Å². The molecule has 0 saturated heterocycles. The van der Waals surface area contributed by atoms with Crippen molar-refractivity contribution in [2.75, 3.05) is 6.61 Å². The zero-order chi connectivity index (χ0) is 14.6. The van der Waals surface area contributed by atoms with E-state index in [0.717, 1.165) is 12.1 Å². The fraction of sp³-hybridized carbons (Fsp3) is 0.385. The van der Waals surface area contributed by atoms with Crippen LogP contribution in [0.5, 0.6) is 0 Å². The second-order valence-corrected chi connectivity index (χ2v) is 3.92. The van der Waals surface area contributed by atoms with Crippen LogP contribution in [0.15, 0.2) is 12.1 Å². The van der Waals surface area contributed by atoms with Gasteiger partial charge in [-0.3, -0.25) is 4.79 Å². The highest BCUT2D eigenvalue weighted by molar-refractivity contribution is 5.74. The fourth-order valence-corrected chi connectivity index (χ4v) is 1.69. The maximum atomic E-state index is 12.7. The van der Waals surface area contributed by atoms with E-state index in [0.29, 0.717) is 0 Å². The molecule has 102 valence electrons. The molecule has 3 nitrogen and oxygen atoms in total. The second kappa shape index (κ2) is 5.74. The van der Waals surface area contributed by atoms with E-state index in [2.05, 4.69) is 4.74 Å². The van der Waals surface area contributed by atoms with Crippen LogP contribution in [0, 0.1) is 18.3 Å². The lowest BCUT2D eigenvalue weighted by atomic mass is 9.97. The number of hydrogen-bond donors (Lipinski definition) is 0. The van der Waals surface area contributed by atoms with E-state index in [1.807, 2.05) is 6.07 Å². The molecule has 0 atom stereocenters. The number of ether oxygens (including phenoxy) is 1. The smallest absolute Gasteiger partial charge is 0.416 e. The van der Waals surface area contributed by atoms with Gasteiger partial charge in [-0.25, -0.2) is 0 Å². The van der Waals surface area contributed by atoms with Crippen LogP contribution >= 0.6 is 0 Å². The molecule has 0 saturated carbocycles. The lowest BCUT2D eigenvalue weighted by molar-refractivity contribution is -0.142. The zero-order valence-corrected chi connectivity index (χ0v) is 10.5. The Bertz CT molecular complexity index is 530. The third-order valence-electron chi connectivity index (χ3n) is 2.50. The Kier molecular flexibility index (Phi) is 4.54. The highest BCUT2D eigenvalue weighted by atomic mass is 19.4. The number of hydrogen-bond acceptors (Lipinski definition) is 3. The third kappa shape index (κ3) is 3.71. The number of nitrogens with zero attached hydrogens (tertiary/aromatic N) is 1. The van der Waals surface area contributed by atoms with Crippen molar-refractivity contribution in [2.45, 2.75) is 26.4 Å². The maximum absolute atomic E-state index is 12.7. The number of halogens is 3. The summed E-state index contributed by atoms with van der Waals surface area (Å²) in [6.45, 7) is 3.14. The largest absolute Gasteiger partial charge is 0.466 e. The van der Waals surface area contributed by atoms with Crippen molar-refractivity contribution in [1.29, 1.82) is 5.26 Å². The molecule has 0 unspecified atom stereocenters. The van der Waals surface area contributed by atoms with Crippen LogP contribution in [0.1, 0.15) is 29.2 Å². The van der Waals surface area contributed by atoms with Crippen LogP contribution in [-0.4, -0.2) is 12.6 Å². The van der Waals surface area contributed by atoms with Crippen LogP contribution in [-0.2, 0) is 22.1 Å². The van der Waals surface area contributed by atoms with Crippen molar-refractivity contribution in [3.8, 4) is 6.07 Å². The summed E-state index contributed by atoms with van der Waals surface area (Å²) in [7, 11) is 0. The molecule has 0 heterocycles. The lowest BCUT2D eigenvalue weighted by Gasteiger charge is -2.12. The van der Waals surface area contributed by atoms with E-state index in [1.54, 1.807) is 6.92 Å². The third-order valence-corrected chi connectivity index (χ3v) is 2.50. The molecule has 19 heavy (non-hydrogen) atoms.